The highest BCUT2D eigenvalue weighted by atomic mass is 32.2. The summed E-state index contributed by atoms with van der Waals surface area (Å²) in [6.45, 7) is 2.33. The van der Waals surface area contributed by atoms with E-state index in [2.05, 4.69) is 41.3 Å². The fraction of sp³-hybridized carbons (Fsp3) is 0.481. The van der Waals surface area contributed by atoms with Crippen molar-refractivity contribution in [3.8, 4) is 0 Å². The van der Waals surface area contributed by atoms with E-state index in [-0.39, 0.29) is 17.4 Å². The Morgan fingerprint density at radius 2 is 1.66 bits per heavy atom. The fourth-order valence-electron chi connectivity index (χ4n) is 5.66. The molecule has 0 spiro atoms. The summed E-state index contributed by atoms with van der Waals surface area (Å²) in [6.07, 6.45) is 5.53. The van der Waals surface area contributed by atoms with Gasteiger partial charge in [0.2, 0.25) is 5.91 Å². The summed E-state index contributed by atoms with van der Waals surface area (Å²) in [4.78, 5) is 30.8. The molecule has 2 amide bonds. The number of thioether (sulfide) groups is 1. The number of hydrogen-bond acceptors (Lipinski definition) is 3. The highest BCUT2D eigenvalue weighted by molar-refractivity contribution is 7.99. The molecule has 2 saturated heterocycles. The lowest BCUT2D eigenvalue weighted by Gasteiger charge is -2.45. The van der Waals surface area contributed by atoms with Gasteiger partial charge in [0.05, 0.1) is 12.0 Å². The molecule has 0 aliphatic carbocycles. The number of carbonyl (C=O) groups excluding carboxylic acids is 2. The van der Waals surface area contributed by atoms with E-state index in [1.54, 1.807) is 0 Å². The van der Waals surface area contributed by atoms with Gasteiger partial charge in [-0.05, 0) is 66.7 Å². The van der Waals surface area contributed by atoms with Crippen molar-refractivity contribution in [1.29, 1.82) is 0 Å². The van der Waals surface area contributed by atoms with Crippen LogP contribution in [0.2, 0.25) is 0 Å². The van der Waals surface area contributed by atoms with Crippen molar-refractivity contribution in [2.24, 2.45) is 5.92 Å². The average molecular weight is 449 g/mol. The minimum atomic E-state index is -0.334. The Morgan fingerprint density at radius 3 is 2.38 bits per heavy atom. The largest absolute Gasteiger partial charge is 0.343 e. The number of nitrogens with zero attached hydrogens (tertiary/aromatic N) is 2. The maximum absolute atomic E-state index is 13.5. The van der Waals surface area contributed by atoms with E-state index in [0.29, 0.717) is 18.9 Å². The van der Waals surface area contributed by atoms with E-state index in [1.165, 1.54) is 5.56 Å². The molecule has 0 bridgehead atoms. The lowest BCUT2D eigenvalue weighted by atomic mass is 9.85. The molecule has 168 valence electrons. The minimum Gasteiger partial charge on any atom is -0.343 e. The molecule has 2 aromatic rings. The zero-order valence-corrected chi connectivity index (χ0v) is 19.5. The van der Waals surface area contributed by atoms with Crippen molar-refractivity contribution in [3.63, 3.8) is 0 Å². The molecule has 0 aromatic heterocycles. The topological polar surface area (TPSA) is 40.6 Å². The van der Waals surface area contributed by atoms with Crippen LogP contribution >= 0.6 is 11.8 Å². The lowest BCUT2D eigenvalue weighted by Crippen LogP contribution is -2.54. The molecule has 3 aliphatic heterocycles. The summed E-state index contributed by atoms with van der Waals surface area (Å²) >= 11 is 1.94. The van der Waals surface area contributed by atoms with E-state index >= 15 is 0 Å². The predicted molar refractivity (Wildman–Crippen MR) is 130 cm³/mol. The maximum atomic E-state index is 13.5. The third kappa shape index (κ3) is 4.32. The first-order valence-electron chi connectivity index (χ1n) is 11.9. The maximum Gasteiger partial charge on any atom is 0.254 e. The first kappa shape index (κ1) is 21.6. The lowest BCUT2D eigenvalue weighted by molar-refractivity contribution is -0.135. The first-order chi connectivity index (χ1) is 15.6. The summed E-state index contributed by atoms with van der Waals surface area (Å²) in [6, 6.07) is 18.6. The molecule has 5 heteroatoms. The third-order valence-corrected chi connectivity index (χ3v) is 8.62. The molecule has 3 aliphatic rings. The number of carbonyl (C=O) groups is 2. The number of rotatable bonds is 5. The van der Waals surface area contributed by atoms with Crippen LogP contribution in [0.1, 0.15) is 53.6 Å². The van der Waals surface area contributed by atoms with Gasteiger partial charge in [-0.25, -0.2) is 0 Å². The molecule has 0 unspecified atom stereocenters. The Morgan fingerprint density at radius 1 is 0.969 bits per heavy atom. The fourth-order valence-corrected chi connectivity index (χ4v) is 6.91. The van der Waals surface area contributed by atoms with Gasteiger partial charge in [-0.15, -0.1) is 0 Å². The second kappa shape index (κ2) is 9.30. The highest BCUT2D eigenvalue weighted by Gasteiger charge is 2.46. The van der Waals surface area contributed by atoms with Gasteiger partial charge >= 0.3 is 0 Å². The summed E-state index contributed by atoms with van der Waals surface area (Å²) in [5, 5.41) is 0. The number of amides is 2. The van der Waals surface area contributed by atoms with Crippen LogP contribution in [0.5, 0.6) is 0 Å². The predicted octanol–water partition coefficient (Wildman–Crippen LogP) is 4.78. The van der Waals surface area contributed by atoms with Crippen LogP contribution in [-0.2, 0) is 17.8 Å². The second-order valence-corrected chi connectivity index (χ2v) is 10.8. The molecule has 32 heavy (non-hydrogen) atoms. The van der Waals surface area contributed by atoms with E-state index in [9.17, 15) is 9.59 Å². The Labute approximate surface area is 195 Å². The van der Waals surface area contributed by atoms with Gasteiger partial charge in [0.1, 0.15) is 0 Å². The standard InChI is InChI=1S/C27H32N2O2S/c30-25(28-14-10-22(11-15-28)18-21-6-2-1-3-7-21)19-27(12-16-32-17-13-27)29-20-23-8-4-5-9-24(23)26(29)31/h1-9,22H,10-20H2. The zero-order valence-electron chi connectivity index (χ0n) is 18.7. The van der Waals surface area contributed by atoms with Crippen molar-refractivity contribution < 1.29 is 9.59 Å². The van der Waals surface area contributed by atoms with Crippen molar-refractivity contribution in [3.05, 3.63) is 71.3 Å². The van der Waals surface area contributed by atoms with Crippen LogP contribution in [0.4, 0.5) is 0 Å². The number of benzene rings is 2. The van der Waals surface area contributed by atoms with E-state index in [0.717, 1.165) is 67.8 Å². The van der Waals surface area contributed by atoms with Crippen molar-refractivity contribution in [2.75, 3.05) is 24.6 Å². The van der Waals surface area contributed by atoms with Gasteiger partial charge in [-0.1, -0.05) is 48.5 Å². The molecular weight excluding hydrogens is 416 g/mol. The van der Waals surface area contributed by atoms with Crippen LogP contribution in [-0.4, -0.2) is 51.7 Å². The zero-order chi connectivity index (χ0) is 22.0. The smallest absolute Gasteiger partial charge is 0.254 e. The van der Waals surface area contributed by atoms with E-state index in [4.69, 9.17) is 0 Å². The molecule has 5 rings (SSSR count). The third-order valence-electron chi connectivity index (χ3n) is 7.63. The van der Waals surface area contributed by atoms with E-state index in [1.807, 2.05) is 34.9 Å². The van der Waals surface area contributed by atoms with Crippen LogP contribution in [0, 0.1) is 5.92 Å². The number of likely N-dealkylation sites (tertiary alicyclic amines) is 1. The Balaban J connectivity index is 1.24. The van der Waals surface area contributed by atoms with Crippen LogP contribution in [0.25, 0.3) is 0 Å². The molecule has 0 saturated carbocycles. The second-order valence-electron chi connectivity index (χ2n) is 9.58. The van der Waals surface area contributed by atoms with Crippen molar-refractivity contribution in [1.82, 2.24) is 9.80 Å². The SMILES string of the molecule is O=C(CC1(N2Cc3ccccc3C2=O)CCSCC1)N1CCC(Cc2ccccc2)CC1. The Kier molecular flexibility index (Phi) is 6.27. The van der Waals surface area contributed by atoms with E-state index < -0.39 is 0 Å². The van der Waals surface area contributed by atoms with Crippen LogP contribution in [0.3, 0.4) is 0 Å². The molecule has 4 nitrogen and oxygen atoms in total. The number of hydrogen-bond donors (Lipinski definition) is 0. The molecule has 0 atom stereocenters. The summed E-state index contributed by atoms with van der Waals surface area (Å²) in [7, 11) is 0. The molecule has 0 N–H and O–H groups in total. The normalized spacial score (nSPS) is 20.9. The summed E-state index contributed by atoms with van der Waals surface area (Å²) in [5.74, 6) is 3.04. The van der Waals surface area contributed by atoms with Gasteiger partial charge in [-0.3, -0.25) is 9.59 Å². The molecule has 0 radical (unpaired) electrons. The molecule has 2 aromatic carbocycles. The van der Waals surface area contributed by atoms with Gasteiger partial charge in [0, 0.05) is 25.2 Å². The summed E-state index contributed by atoms with van der Waals surface area (Å²) < 4.78 is 0. The number of fused-ring (bicyclic) bond motifs is 1. The molecule has 2 fully saturated rings. The monoisotopic (exact) mass is 448 g/mol. The molecular formula is C27H32N2O2S. The quantitative estimate of drug-likeness (QED) is 0.661. The van der Waals surface area contributed by atoms with Crippen molar-refractivity contribution >= 4 is 23.6 Å². The first-order valence-corrected chi connectivity index (χ1v) is 13.1. The van der Waals surface area contributed by atoms with Gasteiger partial charge in [-0.2, -0.15) is 11.8 Å². The highest BCUT2D eigenvalue weighted by Crippen LogP contribution is 2.41. The molecule has 3 heterocycles. The van der Waals surface area contributed by atoms with Crippen LogP contribution < -0.4 is 0 Å². The average Bonchev–Trinajstić information content (AvgIpc) is 3.18. The van der Waals surface area contributed by atoms with Gasteiger partial charge in [0.15, 0.2) is 0 Å². The Bertz CT molecular complexity index is 963. The Hall–Kier alpha value is -2.27. The van der Waals surface area contributed by atoms with Gasteiger partial charge in [0.25, 0.3) is 5.91 Å². The van der Waals surface area contributed by atoms with Crippen LogP contribution in [0.15, 0.2) is 54.6 Å². The van der Waals surface area contributed by atoms with Gasteiger partial charge < -0.3 is 9.80 Å². The minimum absolute atomic E-state index is 0.113. The van der Waals surface area contributed by atoms with Crippen molar-refractivity contribution in [2.45, 2.75) is 50.6 Å². The number of piperidine rings is 1. The summed E-state index contributed by atoms with van der Waals surface area (Å²) in [5.41, 5.74) is 2.98.